The van der Waals surface area contributed by atoms with Gasteiger partial charge in [0.2, 0.25) is 0 Å². The van der Waals surface area contributed by atoms with Crippen molar-refractivity contribution < 1.29 is 19.9 Å². The highest BCUT2D eigenvalue weighted by atomic mass is 16.5. The molecule has 92 valence electrons. The van der Waals surface area contributed by atoms with Gasteiger partial charge in [-0.2, -0.15) is 0 Å². The van der Waals surface area contributed by atoms with E-state index in [1.165, 1.54) is 0 Å². The van der Waals surface area contributed by atoms with Crippen molar-refractivity contribution in [1.82, 2.24) is 0 Å². The Bertz CT molecular complexity index is 528. The van der Waals surface area contributed by atoms with Crippen molar-refractivity contribution in [3.8, 4) is 11.5 Å². The number of hydrogen-bond acceptors (Lipinski definition) is 4. The molecule has 0 saturated carbocycles. The lowest BCUT2D eigenvalue weighted by atomic mass is 9.79. The van der Waals surface area contributed by atoms with Gasteiger partial charge in [-0.1, -0.05) is 30.3 Å². The van der Waals surface area contributed by atoms with Crippen LogP contribution in [-0.2, 0) is 6.61 Å². The van der Waals surface area contributed by atoms with Gasteiger partial charge in [0.15, 0.2) is 0 Å². The van der Waals surface area contributed by atoms with Crippen LogP contribution in [0, 0.1) is 0 Å². The fourth-order valence-electron chi connectivity index (χ4n) is 1.63. The lowest BCUT2D eigenvalue weighted by Gasteiger charge is -2.11. The number of para-hydroxylation sites is 1. The average molecular weight is 244 g/mol. The number of benzene rings is 2. The molecule has 0 aliphatic carbocycles. The summed E-state index contributed by atoms with van der Waals surface area (Å²) in [5.41, 5.74) is 1.12. The zero-order chi connectivity index (χ0) is 13.0. The van der Waals surface area contributed by atoms with Crippen molar-refractivity contribution in [2.45, 2.75) is 6.61 Å². The number of phenols is 1. The van der Waals surface area contributed by atoms with Gasteiger partial charge in [0.25, 0.3) is 0 Å². The number of phenolic OH excluding ortho intramolecular Hbond substituents is 1. The third-order valence-electron chi connectivity index (χ3n) is 2.50. The third kappa shape index (κ3) is 3.03. The zero-order valence-corrected chi connectivity index (χ0v) is 9.65. The molecule has 0 bridgehead atoms. The first-order valence-corrected chi connectivity index (χ1v) is 5.52. The lowest BCUT2D eigenvalue weighted by molar-refractivity contribution is 0.306. The Morgan fingerprint density at radius 3 is 2.50 bits per heavy atom. The summed E-state index contributed by atoms with van der Waals surface area (Å²) >= 11 is 0. The van der Waals surface area contributed by atoms with Crippen LogP contribution in [-0.4, -0.2) is 22.3 Å². The quantitative estimate of drug-likeness (QED) is 0.690. The van der Waals surface area contributed by atoms with E-state index in [4.69, 9.17) is 4.74 Å². The molecule has 0 unspecified atom stereocenters. The third-order valence-corrected chi connectivity index (χ3v) is 2.50. The van der Waals surface area contributed by atoms with E-state index in [0.717, 1.165) is 5.56 Å². The van der Waals surface area contributed by atoms with Crippen molar-refractivity contribution in [1.29, 1.82) is 0 Å². The molecule has 4 nitrogen and oxygen atoms in total. The molecule has 0 aromatic heterocycles. The van der Waals surface area contributed by atoms with Crippen LogP contribution in [0.3, 0.4) is 0 Å². The van der Waals surface area contributed by atoms with Gasteiger partial charge in [-0.25, -0.2) is 0 Å². The smallest absolute Gasteiger partial charge is 0.492 e. The molecule has 18 heavy (non-hydrogen) atoms. The monoisotopic (exact) mass is 244 g/mol. The van der Waals surface area contributed by atoms with Crippen molar-refractivity contribution in [2.24, 2.45) is 0 Å². The number of rotatable bonds is 4. The van der Waals surface area contributed by atoms with Crippen molar-refractivity contribution >= 4 is 12.6 Å². The van der Waals surface area contributed by atoms with Crippen LogP contribution in [0.4, 0.5) is 0 Å². The largest absolute Gasteiger partial charge is 0.508 e. The minimum absolute atomic E-state index is 0.173. The fourth-order valence-corrected chi connectivity index (χ4v) is 1.63. The minimum atomic E-state index is -1.56. The second-order valence-corrected chi connectivity index (χ2v) is 3.87. The van der Waals surface area contributed by atoms with E-state index in [9.17, 15) is 15.2 Å². The SMILES string of the molecule is OB(O)c1ccccc1OCc1cccc(O)c1. The maximum atomic E-state index is 9.32. The van der Waals surface area contributed by atoms with E-state index in [-0.39, 0.29) is 12.4 Å². The van der Waals surface area contributed by atoms with Crippen LogP contribution >= 0.6 is 0 Å². The molecule has 2 aromatic rings. The van der Waals surface area contributed by atoms with Crippen LogP contribution in [0.2, 0.25) is 0 Å². The molecule has 0 aliphatic heterocycles. The van der Waals surface area contributed by atoms with Crippen LogP contribution in [0.15, 0.2) is 48.5 Å². The molecule has 0 aliphatic rings. The number of ether oxygens (including phenoxy) is 1. The summed E-state index contributed by atoms with van der Waals surface area (Å²) in [5.74, 6) is 0.586. The minimum Gasteiger partial charge on any atom is -0.508 e. The average Bonchev–Trinajstić information content (AvgIpc) is 2.37. The maximum absolute atomic E-state index is 9.32. The van der Waals surface area contributed by atoms with Gasteiger partial charge in [0.05, 0.1) is 0 Å². The summed E-state index contributed by atoms with van der Waals surface area (Å²) in [4.78, 5) is 0. The van der Waals surface area contributed by atoms with E-state index in [2.05, 4.69) is 0 Å². The maximum Gasteiger partial charge on any atom is 0.492 e. The molecule has 0 spiro atoms. The van der Waals surface area contributed by atoms with Gasteiger partial charge in [0.1, 0.15) is 18.1 Å². The van der Waals surface area contributed by atoms with Crippen LogP contribution < -0.4 is 10.2 Å². The van der Waals surface area contributed by atoms with Crippen molar-refractivity contribution in [3.05, 3.63) is 54.1 Å². The Morgan fingerprint density at radius 2 is 1.78 bits per heavy atom. The predicted octanol–water partition coefficient (Wildman–Crippen LogP) is 0.651. The van der Waals surface area contributed by atoms with Gasteiger partial charge < -0.3 is 19.9 Å². The molecule has 0 radical (unpaired) electrons. The first-order valence-electron chi connectivity index (χ1n) is 5.52. The molecule has 5 heteroatoms. The van der Waals surface area contributed by atoms with Gasteiger partial charge in [-0.05, 0) is 23.8 Å². The summed E-state index contributed by atoms with van der Waals surface area (Å²) in [5, 5.41) is 27.7. The van der Waals surface area contributed by atoms with E-state index in [1.54, 1.807) is 42.5 Å². The van der Waals surface area contributed by atoms with Gasteiger partial charge in [-0.3, -0.25) is 0 Å². The van der Waals surface area contributed by atoms with Gasteiger partial charge in [-0.15, -0.1) is 0 Å². The first kappa shape index (κ1) is 12.5. The molecular formula is C13H13BO4. The Kier molecular flexibility index (Phi) is 3.87. The van der Waals surface area contributed by atoms with Crippen molar-refractivity contribution in [2.75, 3.05) is 0 Å². The van der Waals surface area contributed by atoms with Gasteiger partial charge in [0, 0.05) is 5.46 Å². The number of hydrogen-bond donors (Lipinski definition) is 3. The summed E-state index contributed by atoms with van der Waals surface area (Å²) in [6.45, 7) is 0.248. The van der Waals surface area contributed by atoms with Gasteiger partial charge >= 0.3 is 7.12 Å². The summed E-state index contributed by atoms with van der Waals surface area (Å²) < 4.78 is 5.51. The van der Waals surface area contributed by atoms with E-state index < -0.39 is 7.12 Å². The summed E-state index contributed by atoms with van der Waals surface area (Å²) in [6, 6.07) is 13.4. The highest BCUT2D eigenvalue weighted by Gasteiger charge is 2.16. The predicted molar refractivity (Wildman–Crippen MR) is 68.7 cm³/mol. The standard InChI is InChI=1S/C13H13BO4/c15-11-5-3-4-10(8-11)9-18-13-7-2-1-6-12(13)14(16)17/h1-8,15-17H,9H2. The molecule has 0 amide bonds. The Balaban J connectivity index is 2.11. The van der Waals surface area contributed by atoms with Crippen molar-refractivity contribution in [3.63, 3.8) is 0 Å². The Morgan fingerprint density at radius 1 is 1.00 bits per heavy atom. The zero-order valence-electron chi connectivity index (χ0n) is 9.65. The lowest BCUT2D eigenvalue weighted by Crippen LogP contribution is -2.31. The molecular weight excluding hydrogens is 231 g/mol. The normalized spacial score (nSPS) is 10.1. The van der Waals surface area contributed by atoms with Crippen LogP contribution in [0.1, 0.15) is 5.56 Å². The van der Waals surface area contributed by atoms with E-state index in [1.807, 2.05) is 6.07 Å². The Labute approximate surface area is 105 Å². The summed E-state index contributed by atoms with van der Waals surface area (Å²) in [7, 11) is -1.56. The van der Waals surface area contributed by atoms with Crippen LogP contribution in [0.25, 0.3) is 0 Å². The summed E-state index contributed by atoms with van der Waals surface area (Å²) in [6.07, 6.45) is 0. The second kappa shape index (κ2) is 5.57. The molecule has 3 N–H and O–H groups in total. The molecule has 2 aromatic carbocycles. The topological polar surface area (TPSA) is 69.9 Å². The highest BCUT2D eigenvalue weighted by Crippen LogP contribution is 2.14. The fraction of sp³-hybridized carbons (Fsp3) is 0.0769. The molecule has 0 atom stereocenters. The molecule has 2 rings (SSSR count). The molecule has 0 fully saturated rings. The Hall–Kier alpha value is -1.98. The van der Waals surface area contributed by atoms with E-state index >= 15 is 0 Å². The molecule has 0 saturated heterocycles. The first-order chi connectivity index (χ1) is 8.66. The highest BCUT2D eigenvalue weighted by molar-refractivity contribution is 6.59. The number of aromatic hydroxyl groups is 1. The second-order valence-electron chi connectivity index (χ2n) is 3.87. The van der Waals surface area contributed by atoms with E-state index in [0.29, 0.717) is 11.2 Å². The van der Waals surface area contributed by atoms with Crippen LogP contribution in [0.5, 0.6) is 11.5 Å². The molecule has 0 heterocycles.